The van der Waals surface area contributed by atoms with Crippen molar-refractivity contribution in [1.29, 1.82) is 0 Å². The molecule has 1 fully saturated rings. The molecule has 8 nitrogen and oxygen atoms in total. The number of nitrogens with one attached hydrogen (secondary N) is 1. The van der Waals surface area contributed by atoms with E-state index >= 15 is 0 Å². The first-order valence-corrected chi connectivity index (χ1v) is 13.0. The Labute approximate surface area is 207 Å². The number of nitrogens with zero attached hydrogens (tertiary/aromatic N) is 4. The van der Waals surface area contributed by atoms with Crippen LogP contribution in [0.1, 0.15) is 24.1 Å². The number of carbonyl (C=O) groups excluding carboxylic acids is 2. The number of thioether (sulfide) groups is 1. The smallest absolute Gasteiger partial charge is 0.413 e. The summed E-state index contributed by atoms with van der Waals surface area (Å²) in [5.74, 6) is 0.366. The lowest BCUT2D eigenvalue weighted by Crippen LogP contribution is -2.50. The van der Waals surface area contributed by atoms with Crippen LogP contribution in [0.2, 0.25) is 0 Å². The summed E-state index contributed by atoms with van der Waals surface area (Å²) in [6, 6.07) is 21.2. The molecule has 1 aromatic heterocycles. The zero-order valence-electron chi connectivity index (χ0n) is 18.9. The number of hydrogen-bond donors (Lipinski definition) is 1. The molecule has 0 atom stereocenters. The zero-order chi connectivity index (χ0) is 23.8. The fraction of sp³-hybridized carbons (Fsp3) is 0.333. The maximum atomic E-state index is 12.8. The second-order valence-corrected chi connectivity index (χ2v) is 9.85. The predicted octanol–water partition coefficient (Wildman–Crippen LogP) is 4.13. The normalized spacial score (nSPS) is 14.2. The first kappa shape index (κ1) is 24.2. The van der Waals surface area contributed by atoms with Gasteiger partial charge in [0.25, 0.3) is 0 Å². The van der Waals surface area contributed by atoms with Gasteiger partial charge in [0.2, 0.25) is 11.0 Å². The fourth-order valence-electron chi connectivity index (χ4n) is 3.90. The van der Waals surface area contributed by atoms with Gasteiger partial charge in [0.1, 0.15) is 0 Å². The van der Waals surface area contributed by atoms with Gasteiger partial charge in [-0.1, -0.05) is 83.8 Å². The average Bonchev–Trinajstić information content (AvgIpc) is 3.32. The highest BCUT2D eigenvalue weighted by Gasteiger charge is 2.28. The van der Waals surface area contributed by atoms with E-state index in [2.05, 4.69) is 68.9 Å². The predicted molar refractivity (Wildman–Crippen MR) is 134 cm³/mol. The maximum Gasteiger partial charge on any atom is 0.413 e. The van der Waals surface area contributed by atoms with E-state index in [4.69, 9.17) is 4.74 Å². The number of benzene rings is 2. The van der Waals surface area contributed by atoms with Crippen LogP contribution in [-0.2, 0) is 9.53 Å². The molecule has 1 saturated heterocycles. The molecule has 2 aromatic carbocycles. The van der Waals surface area contributed by atoms with Crippen molar-refractivity contribution in [2.75, 3.05) is 43.9 Å². The van der Waals surface area contributed by atoms with E-state index in [1.165, 1.54) is 34.2 Å². The highest BCUT2D eigenvalue weighted by Crippen LogP contribution is 2.30. The standard InChI is InChI=1S/C24H27N5O3S2/c1-2-32-23(31)25-22-26-27-24(34-22)33-17-20(30)28-13-15-29(16-14-28)21(18-9-5-3-6-10-18)19-11-7-4-8-12-19/h3-12,21H,2,13-17H2,1H3,(H,25,26,31). The number of ether oxygens (including phenoxy) is 1. The molecule has 0 aliphatic carbocycles. The Morgan fingerprint density at radius 1 is 1.00 bits per heavy atom. The maximum absolute atomic E-state index is 12.8. The van der Waals surface area contributed by atoms with E-state index in [0.717, 1.165) is 13.1 Å². The Balaban J connectivity index is 1.31. The molecule has 0 radical (unpaired) electrons. The molecule has 34 heavy (non-hydrogen) atoms. The summed E-state index contributed by atoms with van der Waals surface area (Å²) < 4.78 is 5.46. The second kappa shape index (κ2) is 12.0. The Morgan fingerprint density at radius 3 is 2.21 bits per heavy atom. The van der Waals surface area contributed by atoms with E-state index in [0.29, 0.717) is 22.6 Å². The third kappa shape index (κ3) is 6.34. The molecule has 2 amide bonds. The molecule has 1 aliphatic heterocycles. The highest BCUT2D eigenvalue weighted by atomic mass is 32.2. The van der Waals surface area contributed by atoms with E-state index in [1.54, 1.807) is 6.92 Å². The Hall–Kier alpha value is -2.95. The fourth-order valence-corrected chi connectivity index (χ4v) is 5.54. The van der Waals surface area contributed by atoms with Crippen molar-refractivity contribution in [1.82, 2.24) is 20.0 Å². The van der Waals surface area contributed by atoms with Crippen LogP contribution < -0.4 is 5.32 Å². The minimum absolute atomic E-state index is 0.0794. The lowest BCUT2D eigenvalue weighted by molar-refractivity contribution is -0.130. The summed E-state index contributed by atoms with van der Waals surface area (Å²) in [5.41, 5.74) is 2.51. The van der Waals surface area contributed by atoms with E-state index in [-0.39, 0.29) is 24.3 Å². The van der Waals surface area contributed by atoms with Crippen LogP contribution in [0.4, 0.5) is 9.93 Å². The lowest BCUT2D eigenvalue weighted by atomic mass is 9.96. The minimum atomic E-state index is -0.562. The minimum Gasteiger partial charge on any atom is -0.450 e. The quantitative estimate of drug-likeness (QED) is 0.370. The molecule has 2 heterocycles. The zero-order valence-corrected chi connectivity index (χ0v) is 20.6. The van der Waals surface area contributed by atoms with Gasteiger partial charge < -0.3 is 9.64 Å². The summed E-state index contributed by atoms with van der Waals surface area (Å²) in [7, 11) is 0. The lowest BCUT2D eigenvalue weighted by Gasteiger charge is -2.39. The topological polar surface area (TPSA) is 87.7 Å². The monoisotopic (exact) mass is 497 g/mol. The van der Waals surface area contributed by atoms with Crippen LogP contribution >= 0.6 is 23.1 Å². The van der Waals surface area contributed by atoms with Gasteiger partial charge in [-0.2, -0.15) is 0 Å². The van der Waals surface area contributed by atoms with Crippen LogP contribution in [0.3, 0.4) is 0 Å². The number of piperazine rings is 1. The molecular formula is C24H27N5O3S2. The van der Waals surface area contributed by atoms with Gasteiger partial charge in [0.15, 0.2) is 4.34 Å². The van der Waals surface area contributed by atoms with Gasteiger partial charge in [-0.3, -0.25) is 15.0 Å². The van der Waals surface area contributed by atoms with Gasteiger partial charge in [-0.05, 0) is 18.1 Å². The van der Waals surface area contributed by atoms with Crippen molar-refractivity contribution in [3.05, 3.63) is 71.8 Å². The molecule has 0 bridgehead atoms. The molecule has 3 aromatic rings. The summed E-state index contributed by atoms with van der Waals surface area (Å²) in [5, 5.41) is 10.8. The largest absolute Gasteiger partial charge is 0.450 e. The number of anilines is 1. The van der Waals surface area contributed by atoms with Gasteiger partial charge in [0.05, 0.1) is 18.4 Å². The second-order valence-electron chi connectivity index (χ2n) is 7.65. The van der Waals surface area contributed by atoms with Crippen molar-refractivity contribution < 1.29 is 14.3 Å². The molecule has 0 saturated carbocycles. The molecule has 0 spiro atoms. The van der Waals surface area contributed by atoms with Crippen molar-refractivity contribution in [2.45, 2.75) is 17.3 Å². The van der Waals surface area contributed by atoms with Gasteiger partial charge in [-0.25, -0.2) is 4.79 Å². The molecule has 10 heteroatoms. The molecular weight excluding hydrogens is 470 g/mol. The molecule has 1 N–H and O–H groups in total. The van der Waals surface area contributed by atoms with E-state index < -0.39 is 6.09 Å². The van der Waals surface area contributed by atoms with Crippen LogP contribution in [0.25, 0.3) is 0 Å². The molecule has 0 unspecified atom stereocenters. The van der Waals surface area contributed by atoms with E-state index in [9.17, 15) is 9.59 Å². The van der Waals surface area contributed by atoms with Crippen LogP contribution in [0, 0.1) is 0 Å². The Bertz CT molecular complexity index is 1030. The van der Waals surface area contributed by atoms with Gasteiger partial charge >= 0.3 is 6.09 Å². The summed E-state index contributed by atoms with van der Waals surface area (Å²) >= 11 is 2.56. The number of rotatable bonds is 8. The van der Waals surface area contributed by atoms with Crippen molar-refractivity contribution in [2.24, 2.45) is 0 Å². The third-order valence-corrected chi connectivity index (χ3v) is 7.43. The average molecular weight is 498 g/mol. The SMILES string of the molecule is CCOC(=O)Nc1nnc(SCC(=O)N2CCN(C(c3ccccc3)c3ccccc3)CC2)s1. The van der Waals surface area contributed by atoms with Crippen LogP contribution in [-0.4, -0.2) is 70.5 Å². The Kier molecular flexibility index (Phi) is 8.51. The third-order valence-electron chi connectivity index (χ3n) is 5.47. The molecule has 1 aliphatic rings. The first-order valence-electron chi connectivity index (χ1n) is 11.2. The van der Waals surface area contributed by atoms with Crippen molar-refractivity contribution >= 4 is 40.2 Å². The summed E-state index contributed by atoms with van der Waals surface area (Å²) in [4.78, 5) is 28.7. The van der Waals surface area contributed by atoms with Crippen molar-refractivity contribution in [3.63, 3.8) is 0 Å². The van der Waals surface area contributed by atoms with E-state index in [1.807, 2.05) is 17.0 Å². The first-order chi connectivity index (χ1) is 16.6. The summed E-state index contributed by atoms with van der Waals surface area (Å²) in [6.45, 7) is 4.98. The number of carbonyl (C=O) groups is 2. The van der Waals surface area contributed by atoms with Gasteiger partial charge in [-0.15, -0.1) is 10.2 Å². The van der Waals surface area contributed by atoms with Gasteiger partial charge in [0, 0.05) is 26.2 Å². The summed E-state index contributed by atoms with van der Waals surface area (Å²) in [6.07, 6.45) is -0.562. The van der Waals surface area contributed by atoms with Crippen molar-refractivity contribution in [3.8, 4) is 0 Å². The molecule has 4 rings (SSSR count). The number of amides is 2. The highest BCUT2D eigenvalue weighted by molar-refractivity contribution is 8.01. The Morgan fingerprint density at radius 2 is 1.62 bits per heavy atom. The molecule has 178 valence electrons. The number of hydrogen-bond acceptors (Lipinski definition) is 8. The number of aromatic nitrogens is 2. The van der Waals surface area contributed by atoms with Crippen LogP contribution in [0.15, 0.2) is 65.0 Å². The van der Waals surface area contributed by atoms with Crippen LogP contribution in [0.5, 0.6) is 0 Å².